The molecule has 0 saturated heterocycles. The van der Waals surface area contributed by atoms with Crippen LogP contribution in [0, 0.1) is 0 Å². The van der Waals surface area contributed by atoms with Crippen molar-refractivity contribution >= 4 is 11.8 Å². The van der Waals surface area contributed by atoms with Crippen molar-refractivity contribution in [3.8, 4) is 5.75 Å². The molecule has 1 aliphatic rings. The fraction of sp³-hybridized carbons (Fsp3) is 0.222. The highest BCUT2D eigenvalue weighted by Crippen LogP contribution is 2.31. The van der Waals surface area contributed by atoms with E-state index in [9.17, 15) is 18.4 Å². The smallest absolute Gasteiger partial charge is 0.387 e. The average molecular weight is 347 g/mol. The maximum atomic E-state index is 12.6. The van der Waals surface area contributed by atoms with Crippen LogP contribution >= 0.6 is 0 Å². The molecule has 2 aromatic carbocycles. The Morgan fingerprint density at radius 2 is 1.52 bits per heavy atom. The highest BCUT2D eigenvalue weighted by molar-refractivity contribution is 6.21. The third-order valence-electron chi connectivity index (χ3n) is 3.99. The minimum atomic E-state index is -2.99. The summed E-state index contributed by atoms with van der Waals surface area (Å²) in [6, 6.07) is 12.6. The van der Waals surface area contributed by atoms with Crippen LogP contribution in [-0.4, -0.2) is 37.0 Å². The number of para-hydroxylation sites is 1. The molecule has 0 saturated carbocycles. The molecule has 3 rings (SSSR count). The molecule has 1 aliphatic heterocycles. The number of halogens is 2. The van der Waals surface area contributed by atoms with Gasteiger partial charge in [-0.25, -0.2) is 0 Å². The van der Waals surface area contributed by atoms with Gasteiger partial charge in [-0.15, -0.1) is 0 Å². The molecule has 0 N–H and O–H groups in total. The number of carbonyl (C=O) groups is 2. The molecule has 1 atom stereocenters. The molecule has 7 heteroatoms. The Hall–Kier alpha value is -2.80. The zero-order valence-corrected chi connectivity index (χ0v) is 13.3. The van der Waals surface area contributed by atoms with Gasteiger partial charge in [0.05, 0.1) is 17.7 Å². The van der Waals surface area contributed by atoms with Gasteiger partial charge in [0.15, 0.2) is 0 Å². The van der Waals surface area contributed by atoms with Gasteiger partial charge in [-0.1, -0.05) is 30.3 Å². The first-order valence-electron chi connectivity index (χ1n) is 7.54. The van der Waals surface area contributed by atoms with Crippen molar-refractivity contribution in [1.82, 2.24) is 4.90 Å². The molecule has 0 aliphatic carbocycles. The number of fused-ring (bicyclic) bond motifs is 1. The Morgan fingerprint density at radius 3 is 2.08 bits per heavy atom. The lowest BCUT2D eigenvalue weighted by atomic mass is 10.1. The van der Waals surface area contributed by atoms with E-state index >= 15 is 0 Å². The van der Waals surface area contributed by atoms with Crippen LogP contribution in [0.15, 0.2) is 48.5 Å². The summed E-state index contributed by atoms with van der Waals surface area (Å²) in [7, 11) is 1.38. The fourth-order valence-electron chi connectivity index (χ4n) is 2.82. The third kappa shape index (κ3) is 3.23. The molecule has 0 spiro atoms. The van der Waals surface area contributed by atoms with Crippen LogP contribution in [0.1, 0.15) is 32.4 Å². The second kappa shape index (κ2) is 6.98. The van der Waals surface area contributed by atoms with Gasteiger partial charge in [-0.2, -0.15) is 8.78 Å². The third-order valence-corrected chi connectivity index (χ3v) is 3.99. The number of amides is 2. The van der Waals surface area contributed by atoms with Gasteiger partial charge < -0.3 is 9.47 Å². The van der Waals surface area contributed by atoms with E-state index in [1.54, 1.807) is 42.5 Å². The Bertz CT molecular complexity index is 774. The highest BCUT2D eigenvalue weighted by atomic mass is 19.3. The van der Waals surface area contributed by atoms with Crippen molar-refractivity contribution in [3.63, 3.8) is 0 Å². The molecule has 0 fully saturated rings. The Labute approximate surface area is 142 Å². The van der Waals surface area contributed by atoms with Gasteiger partial charge >= 0.3 is 6.61 Å². The molecule has 130 valence electrons. The first-order chi connectivity index (χ1) is 12.0. The van der Waals surface area contributed by atoms with Gasteiger partial charge in [0.2, 0.25) is 0 Å². The van der Waals surface area contributed by atoms with E-state index in [4.69, 9.17) is 4.74 Å². The summed E-state index contributed by atoms with van der Waals surface area (Å²) < 4.78 is 35.0. The second-order valence-corrected chi connectivity index (χ2v) is 5.41. The predicted molar refractivity (Wildman–Crippen MR) is 84.6 cm³/mol. The first-order valence-corrected chi connectivity index (χ1v) is 7.54. The van der Waals surface area contributed by atoms with Crippen molar-refractivity contribution < 1.29 is 27.8 Å². The summed E-state index contributed by atoms with van der Waals surface area (Å²) in [5, 5.41) is 0. The average Bonchev–Trinajstić information content (AvgIpc) is 2.85. The lowest BCUT2D eigenvalue weighted by Gasteiger charge is -2.23. The number of nitrogens with zero attached hydrogens (tertiary/aromatic N) is 1. The fourth-order valence-corrected chi connectivity index (χ4v) is 2.82. The molecule has 2 aromatic rings. The van der Waals surface area contributed by atoms with Crippen molar-refractivity contribution in [2.24, 2.45) is 0 Å². The normalized spacial score (nSPS) is 14.8. The van der Waals surface area contributed by atoms with E-state index in [1.165, 1.54) is 13.2 Å². The predicted octanol–water partition coefficient (Wildman–Crippen LogP) is 3.27. The topological polar surface area (TPSA) is 55.8 Å². The molecular formula is C18H15F2NO4. The summed E-state index contributed by atoms with van der Waals surface area (Å²) in [6.07, 6.45) is -0.794. The van der Waals surface area contributed by atoms with E-state index < -0.39 is 24.5 Å². The molecule has 1 heterocycles. The maximum absolute atomic E-state index is 12.6. The number of carbonyl (C=O) groups excluding carboxylic acids is 2. The summed E-state index contributed by atoms with van der Waals surface area (Å²) in [5.74, 6) is -0.925. The minimum Gasteiger partial charge on any atom is -0.434 e. The Kier molecular flexibility index (Phi) is 4.76. The zero-order chi connectivity index (χ0) is 18.0. The van der Waals surface area contributed by atoms with Gasteiger partial charge in [-0.3, -0.25) is 14.5 Å². The van der Waals surface area contributed by atoms with E-state index in [-0.39, 0.29) is 12.3 Å². The molecule has 1 unspecified atom stereocenters. The molecule has 5 nitrogen and oxygen atoms in total. The number of hydrogen-bond acceptors (Lipinski definition) is 4. The van der Waals surface area contributed by atoms with E-state index in [0.29, 0.717) is 16.7 Å². The Balaban J connectivity index is 1.87. The van der Waals surface area contributed by atoms with Gasteiger partial charge in [0.25, 0.3) is 11.8 Å². The summed E-state index contributed by atoms with van der Waals surface area (Å²) in [6.45, 7) is -3.09. The quantitative estimate of drug-likeness (QED) is 0.753. The van der Waals surface area contributed by atoms with E-state index in [2.05, 4.69) is 4.74 Å². The standard InChI is InChI=1S/C18H15F2NO4/c1-24-15(13-8-4-5-9-14(13)25-18(19)20)10-21-16(22)11-6-2-3-7-12(11)17(21)23/h2-9,15,18H,10H2,1H3. The number of benzene rings is 2. The van der Waals surface area contributed by atoms with E-state index in [1.807, 2.05) is 0 Å². The van der Waals surface area contributed by atoms with Crippen LogP contribution in [0.4, 0.5) is 8.78 Å². The largest absolute Gasteiger partial charge is 0.434 e. The van der Waals surface area contributed by atoms with Gasteiger partial charge in [0, 0.05) is 12.7 Å². The number of ether oxygens (including phenoxy) is 2. The number of rotatable bonds is 6. The second-order valence-electron chi connectivity index (χ2n) is 5.41. The SMILES string of the molecule is COC(CN1C(=O)c2ccccc2C1=O)c1ccccc1OC(F)F. The van der Waals surface area contributed by atoms with Crippen molar-refractivity contribution in [1.29, 1.82) is 0 Å². The van der Waals surface area contributed by atoms with Crippen molar-refractivity contribution in [3.05, 3.63) is 65.2 Å². The Morgan fingerprint density at radius 1 is 0.960 bits per heavy atom. The van der Waals surface area contributed by atoms with Crippen LogP contribution in [-0.2, 0) is 4.74 Å². The van der Waals surface area contributed by atoms with Crippen molar-refractivity contribution in [2.75, 3.05) is 13.7 Å². The maximum Gasteiger partial charge on any atom is 0.387 e. The molecule has 2 amide bonds. The summed E-state index contributed by atoms with van der Waals surface area (Å²) in [4.78, 5) is 26.0. The van der Waals surface area contributed by atoms with Crippen LogP contribution in [0.3, 0.4) is 0 Å². The zero-order valence-electron chi connectivity index (χ0n) is 13.3. The highest BCUT2D eigenvalue weighted by Gasteiger charge is 2.37. The van der Waals surface area contributed by atoms with E-state index in [0.717, 1.165) is 4.90 Å². The number of methoxy groups -OCH3 is 1. The lowest BCUT2D eigenvalue weighted by Crippen LogP contribution is -2.34. The molecular weight excluding hydrogens is 332 g/mol. The molecule has 0 radical (unpaired) electrons. The van der Waals surface area contributed by atoms with Crippen LogP contribution < -0.4 is 4.74 Å². The van der Waals surface area contributed by atoms with Gasteiger partial charge in [0.1, 0.15) is 11.9 Å². The minimum absolute atomic E-state index is 0.0547. The first kappa shape index (κ1) is 17.0. The summed E-state index contributed by atoms with van der Waals surface area (Å²) >= 11 is 0. The lowest BCUT2D eigenvalue weighted by molar-refractivity contribution is -0.0523. The molecule has 0 bridgehead atoms. The van der Waals surface area contributed by atoms with Gasteiger partial charge in [-0.05, 0) is 18.2 Å². The monoisotopic (exact) mass is 347 g/mol. The van der Waals surface area contributed by atoms with Crippen molar-refractivity contribution in [2.45, 2.75) is 12.7 Å². The van der Waals surface area contributed by atoms with Crippen LogP contribution in [0.25, 0.3) is 0 Å². The molecule has 0 aromatic heterocycles. The number of alkyl halides is 2. The van der Waals surface area contributed by atoms with Crippen LogP contribution in [0.2, 0.25) is 0 Å². The molecule has 25 heavy (non-hydrogen) atoms. The summed E-state index contributed by atoms with van der Waals surface area (Å²) in [5.41, 5.74) is 0.973. The number of hydrogen-bond donors (Lipinski definition) is 0. The van der Waals surface area contributed by atoms with Crippen LogP contribution in [0.5, 0.6) is 5.75 Å². The number of imide groups is 1.